The number of carbonyl (C=O) groups is 1. The van der Waals surface area contributed by atoms with Gasteiger partial charge in [-0.1, -0.05) is 20.8 Å². The Morgan fingerprint density at radius 3 is 2.54 bits per heavy atom. The van der Waals surface area contributed by atoms with E-state index in [1.807, 2.05) is 0 Å². The maximum absolute atomic E-state index is 13.3. The quantitative estimate of drug-likeness (QED) is 0.651. The molecule has 6 nitrogen and oxygen atoms in total. The van der Waals surface area contributed by atoms with Crippen molar-refractivity contribution in [2.75, 3.05) is 6.54 Å². The maximum atomic E-state index is 13.3. The Kier molecular flexibility index (Phi) is 6.88. The average Bonchev–Trinajstić information content (AvgIpc) is 2.43. The number of halogens is 1. The van der Waals surface area contributed by atoms with Gasteiger partial charge in [0, 0.05) is 24.7 Å². The summed E-state index contributed by atoms with van der Waals surface area (Å²) in [6.07, 6.45) is -0.0505. The van der Waals surface area contributed by atoms with Crippen LogP contribution in [-0.4, -0.2) is 42.3 Å². The van der Waals surface area contributed by atoms with Gasteiger partial charge in [-0.15, -0.1) is 0 Å². The van der Waals surface area contributed by atoms with Crippen LogP contribution in [0.5, 0.6) is 0 Å². The minimum atomic E-state index is -2.15. The molecule has 1 amide bonds. The summed E-state index contributed by atoms with van der Waals surface area (Å²) in [7, 11) is -2.15. The lowest BCUT2D eigenvalue weighted by Crippen LogP contribution is -2.47. The number of aliphatic hydroxyl groups excluding tert-OH is 1. The lowest BCUT2D eigenvalue weighted by Gasteiger charge is -2.39. The molecule has 1 aromatic rings. The summed E-state index contributed by atoms with van der Waals surface area (Å²) in [5.41, 5.74) is 0.342. The fourth-order valence-corrected chi connectivity index (χ4v) is 3.33. The molecule has 0 aliphatic heterocycles. The van der Waals surface area contributed by atoms with Gasteiger partial charge in [-0.3, -0.25) is 4.98 Å². The zero-order chi connectivity index (χ0) is 18.5. The molecule has 3 N–H and O–H groups in total. The number of nitrogens with one attached hydrogen (secondary N) is 1. The molecule has 1 aromatic heterocycles. The van der Waals surface area contributed by atoms with Crippen LogP contribution in [0.2, 0.25) is 18.1 Å². The summed E-state index contributed by atoms with van der Waals surface area (Å²) >= 11 is 0. The molecular formula is C16H27FN2O4Si. The predicted molar refractivity (Wildman–Crippen MR) is 91.9 cm³/mol. The van der Waals surface area contributed by atoms with Crippen molar-refractivity contribution in [3.05, 3.63) is 29.8 Å². The summed E-state index contributed by atoms with van der Waals surface area (Å²) in [4.78, 5) is 14.5. The van der Waals surface area contributed by atoms with Gasteiger partial charge < -0.3 is 20.0 Å². The topological polar surface area (TPSA) is 91.7 Å². The standard InChI is InChI=1S/C16H27FN2O4Si/c1-16(2,3)24(4,5)23-13(10-19-15(21)22)7-14(20)11-6-12(17)9-18-8-11/h6,8-9,13-14,19-20H,7,10H2,1-5H3,(H,21,22). The van der Waals surface area contributed by atoms with Crippen LogP contribution in [0, 0.1) is 5.82 Å². The second-order valence-corrected chi connectivity index (χ2v) is 12.1. The number of rotatable bonds is 7. The van der Waals surface area contributed by atoms with Crippen LogP contribution < -0.4 is 5.32 Å². The minimum absolute atomic E-state index is 0.0557. The lowest BCUT2D eigenvalue weighted by molar-refractivity contribution is 0.0844. The molecule has 1 rings (SSSR count). The van der Waals surface area contributed by atoms with Crippen molar-refractivity contribution in [1.82, 2.24) is 10.3 Å². The smallest absolute Gasteiger partial charge is 0.404 e. The normalized spacial score (nSPS) is 15.0. The summed E-state index contributed by atoms with van der Waals surface area (Å²) in [5.74, 6) is -0.530. The average molecular weight is 358 g/mol. The molecule has 0 aromatic carbocycles. The van der Waals surface area contributed by atoms with E-state index in [2.05, 4.69) is 44.2 Å². The van der Waals surface area contributed by atoms with Crippen molar-refractivity contribution in [3.8, 4) is 0 Å². The largest absolute Gasteiger partial charge is 0.465 e. The Labute approximate surface area is 143 Å². The second kappa shape index (κ2) is 8.04. The first-order valence-electron chi connectivity index (χ1n) is 7.85. The maximum Gasteiger partial charge on any atom is 0.404 e. The van der Waals surface area contributed by atoms with E-state index in [-0.39, 0.29) is 18.0 Å². The highest BCUT2D eigenvalue weighted by molar-refractivity contribution is 6.74. The van der Waals surface area contributed by atoms with Gasteiger partial charge in [0.2, 0.25) is 0 Å². The lowest BCUT2D eigenvalue weighted by atomic mass is 10.1. The highest BCUT2D eigenvalue weighted by Gasteiger charge is 2.39. The molecule has 24 heavy (non-hydrogen) atoms. The van der Waals surface area contributed by atoms with E-state index in [9.17, 15) is 14.3 Å². The second-order valence-electron chi connectivity index (χ2n) is 7.37. The first kappa shape index (κ1) is 20.5. The van der Waals surface area contributed by atoms with E-state index in [0.29, 0.717) is 5.56 Å². The summed E-state index contributed by atoms with van der Waals surface area (Å²) in [6, 6.07) is 1.21. The third kappa shape index (κ3) is 6.18. The minimum Gasteiger partial charge on any atom is -0.465 e. The molecule has 2 atom stereocenters. The van der Waals surface area contributed by atoms with Gasteiger partial charge in [-0.25, -0.2) is 9.18 Å². The fourth-order valence-electron chi connectivity index (χ4n) is 1.96. The molecule has 0 saturated carbocycles. The molecule has 0 saturated heterocycles. The summed E-state index contributed by atoms with van der Waals surface area (Å²) in [5, 5.41) is 21.4. The van der Waals surface area contributed by atoms with Gasteiger partial charge in [0.1, 0.15) is 5.82 Å². The summed E-state index contributed by atoms with van der Waals surface area (Å²) in [6.45, 7) is 10.4. The Bertz CT molecular complexity index is 563. The number of aromatic nitrogens is 1. The molecule has 1 heterocycles. The van der Waals surface area contributed by atoms with Gasteiger partial charge in [0.15, 0.2) is 8.32 Å². The number of hydrogen-bond acceptors (Lipinski definition) is 4. The van der Waals surface area contributed by atoms with Crippen LogP contribution >= 0.6 is 0 Å². The first-order chi connectivity index (χ1) is 10.9. The molecule has 0 aliphatic carbocycles. The van der Waals surface area contributed by atoms with Crippen LogP contribution in [-0.2, 0) is 4.43 Å². The van der Waals surface area contributed by atoms with Crippen molar-refractivity contribution in [3.63, 3.8) is 0 Å². The molecule has 0 bridgehead atoms. The zero-order valence-electron chi connectivity index (χ0n) is 14.8. The van der Waals surface area contributed by atoms with E-state index in [4.69, 9.17) is 9.53 Å². The van der Waals surface area contributed by atoms with E-state index in [0.717, 1.165) is 6.20 Å². The van der Waals surface area contributed by atoms with Crippen LogP contribution in [0.4, 0.5) is 9.18 Å². The fraction of sp³-hybridized carbons (Fsp3) is 0.625. The highest BCUT2D eigenvalue weighted by atomic mass is 28.4. The zero-order valence-corrected chi connectivity index (χ0v) is 15.8. The molecule has 0 spiro atoms. The van der Waals surface area contributed by atoms with Crippen LogP contribution in [0.15, 0.2) is 18.5 Å². The predicted octanol–water partition coefficient (Wildman–Crippen LogP) is 3.30. The number of amides is 1. The first-order valence-corrected chi connectivity index (χ1v) is 10.8. The summed E-state index contributed by atoms with van der Waals surface area (Å²) < 4.78 is 19.5. The van der Waals surface area contributed by atoms with Crippen molar-refractivity contribution in [1.29, 1.82) is 0 Å². The van der Waals surface area contributed by atoms with Gasteiger partial charge in [-0.2, -0.15) is 0 Å². The monoisotopic (exact) mass is 358 g/mol. The molecule has 2 unspecified atom stereocenters. The van der Waals surface area contributed by atoms with Crippen molar-refractivity contribution in [2.45, 2.75) is 57.5 Å². The van der Waals surface area contributed by atoms with E-state index in [1.165, 1.54) is 12.3 Å². The van der Waals surface area contributed by atoms with Crippen molar-refractivity contribution >= 4 is 14.4 Å². The Morgan fingerprint density at radius 1 is 1.42 bits per heavy atom. The number of carboxylic acid groups (broad SMARTS) is 1. The Hall–Kier alpha value is -1.51. The van der Waals surface area contributed by atoms with Crippen LogP contribution in [0.1, 0.15) is 38.9 Å². The van der Waals surface area contributed by atoms with E-state index in [1.54, 1.807) is 0 Å². The van der Waals surface area contributed by atoms with Gasteiger partial charge in [0.05, 0.1) is 18.4 Å². The SMILES string of the molecule is CC(C)(C)[Si](C)(C)OC(CNC(=O)O)CC(O)c1cncc(F)c1. The highest BCUT2D eigenvalue weighted by Crippen LogP contribution is 2.38. The number of aliphatic hydroxyl groups is 1. The van der Waals surface area contributed by atoms with Crippen molar-refractivity contribution < 1.29 is 23.8 Å². The Morgan fingerprint density at radius 2 is 2.04 bits per heavy atom. The molecule has 136 valence electrons. The van der Waals surface area contributed by atoms with Gasteiger partial charge in [-0.05, 0) is 24.2 Å². The van der Waals surface area contributed by atoms with E-state index >= 15 is 0 Å². The van der Waals surface area contributed by atoms with Gasteiger partial charge >= 0.3 is 6.09 Å². The Balaban J connectivity index is 2.87. The van der Waals surface area contributed by atoms with Crippen LogP contribution in [0.25, 0.3) is 0 Å². The van der Waals surface area contributed by atoms with Gasteiger partial charge in [0.25, 0.3) is 0 Å². The van der Waals surface area contributed by atoms with Crippen molar-refractivity contribution in [2.24, 2.45) is 0 Å². The molecular weight excluding hydrogens is 331 g/mol. The van der Waals surface area contributed by atoms with Crippen LogP contribution in [0.3, 0.4) is 0 Å². The molecule has 0 radical (unpaired) electrons. The third-order valence-corrected chi connectivity index (χ3v) is 8.88. The third-order valence-electron chi connectivity index (χ3n) is 4.35. The number of nitrogens with zero attached hydrogens (tertiary/aromatic N) is 1. The molecule has 0 aliphatic rings. The molecule has 8 heteroatoms. The number of hydrogen-bond donors (Lipinski definition) is 3. The van der Waals surface area contributed by atoms with E-state index < -0.39 is 32.4 Å². The molecule has 0 fully saturated rings. The number of pyridine rings is 1.